The van der Waals surface area contributed by atoms with E-state index in [-0.39, 0.29) is 31.7 Å². The second-order valence-electron chi connectivity index (χ2n) is 7.34. The molecule has 0 spiro atoms. The zero-order chi connectivity index (χ0) is 23.7. The fraction of sp³-hybridized carbons (Fsp3) is 0.391. The summed E-state index contributed by atoms with van der Waals surface area (Å²) in [6, 6.07) is 11.8. The van der Waals surface area contributed by atoms with Gasteiger partial charge in [-0.05, 0) is 42.7 Å². The maximum atomic E-state index is 12.8. The number of ether oxygens (including phenoxy) is 2. The van der Waals surface area contributed by atoms with E-state index in [0.717, 1.165) is 17.7 Å². The zero-order valence-electron chi connectivity index (χ0n) is 17.8. The van der Waals surface area contributed by atoms with Gasteiger partial charge in [0.1, 0.15) is 11.9 Å². The van der Waals surface area contributed by atoms with Crippen LogP contribution in [0.3, 0.4) is 0 Å². The highest BCUT2D eigenvalue weighted by atomic mass is 19.4. The third-order valence-electron chi connectivity index (χ3n) is 4.70. The van der Waals surface area contributed by atoms with Gasteiger partial charge in [0.15, 0.2) is 6.10 Å². The Hall–Kier alpha value is -3.07. The minimum absolute atomic E-state index is 0.0785. The van der Waals surface area contributed by atoms with Gasteiger partial charge in [-0.2, -0.15) is 13.2 Å². The maximum Gasteiger partial charge on any atom is 0.416 e. The van der Waals surface area contributed by atoms with Gasteiger partial charge in [0.05, 0.1) is 12.0 Å². The molecule has 2 aromatic rings. The van der Waals surface area contributed by atoms with Gasteiger partial charge in [-0.1, -0.05) is 30.3 Å². The maximum absolute atomic E-state index is 12.8. The number of carboxylic acid groups (broad SMARTS) is 1. The van der Waals surface area contributed by atoms with Gasteiger partial charge in [-0.15, -0.1) is 0 Å². The molecule has 0 aliphatic carbocycles. The topological polar surface area (TPSA) is 84.9 Å². The lowest BCUT2D eigenvalue weighted by atomic mass is 10.1. The Morgan fingerprint density at radius 2 is 1.78 bits per heavy atom. The van der Waals surface area contributed by atoms with Crippen LogP contribution < -0.4 is 10.1 Å². The Labute approximate surface area is 184 Å². The van der Waals surface area contributed by atoms with Crippen molar-refractivity contribution in [2.45, 2.75) is 44.6 Å². The summed E-state index contributed by atoms with van der Waals surface area (Å²) >= 11 is 0. The Kier molecular flexibility index (Phi) is 9.07. The zero-order valence-corrected chi connectivity index (χ0v) is 17.8. The number of nitrogens with one attached hydrogen (secondary N) is 1. The predicted molar refractivity (Wildman–Crippen MR) is 111 cm³/mol. The summed E-state index contributed by atoms with van der Waals surface area (Å²) < 4.78 is 48.9. The summed E-state index contributed by atoms with van der Waals surface area (Å²) in [6.45, 7) is 1.94. The molecule has 0 saturated carbocycles. The van der Waals surface area contributed by atoms with Crippen LogP contribution in [0.25, 0.3) is 0 Å². The number of hydrogen-bond acceptors (Lipinski definition) is 4. The molecule has 0 aromatic heterocycles. The minimum atomic E-state index is -4.40. The molecule has 2 unspecified atom stereocenters. The first-order valence-electron chi connectivity index (χ1n) is 10.0. The molecule has 2 aromatic carbocycles. The van der Waals surface area contributed by atoms with Crippen molar-refractivity contribution in [1.82, 2.24) is 5.32 Å². The van der Waals surface area contributed by atoms with E-state index in [1.807, 2.05) is 0 Å². The molecule has 9 heteroatoms. The summed E-state index contributed by atoms with van der Waals surface area (Å²) in [6.07, 6.45) is -5.18. The van der Waals surface area contributed by atoms with Crippen molar-refractivity contribution in [3.05, 3.63) is 65.2 Å². The summed E-state index contributed by atoms with van der Waals surface area (Å²) in [5.41, 5.74) is 0.546. The standard InChI is InChI=1S/C23H26F3NO5/c1-15(32-19-8-6-17(7-9-19)14-20(31-2)22(29)30)12-21(28)27-11-10-16-4-3-5-18(13-16)23(24,25)26/h3-9,13,15,20H,10-12,14H2,1-2H3,(H,27,28)(H,29,30). The van der Waals surface area contributed by atoms with Crippen LogP contribution in [-0.2, 0) is 33.3 Å². The van der Waals surface area contributed by atoms with Crippen LogP contribution in [0, 0.1) is 0 Å². The van der Waals surface area contributed by atoms with E-state index in [0.29, 0.717) is 11.3 Å². The van der Waals surface area contributed by atoms with Crippen LogP contribution in [0.2, 0.25) is 0 Å². The van der Waals surface area contributed by atoms with Crippen LogP contribution in [-0.4, -0.2) is 42.8 Å². The molecule has 0 heterocycles. The van der Waals surface area contributed by atoms with Crippen LogP contribution in [0.1, 0.15) is 30.0 Å². The van der Waals surface area contributed by atoms with Crippen LogP contribution in [0.15, 0.2) is 48.5 Å². The first-order chi connectivity index (χ1) is 15.1. The lowest BCUT2D eigenvalue weighted by Gasteiger charge is -2.16. The van der Waals surface area contributed by atoms with Crippen LogP contribution in [0.5, 0.6) is 5.75 Å². The number of methoxy groups -OCH3 is 1. The van der Waals surface area contributed by atoms with Crippen molar-refractivity contribution < 1.29 is 37.3 Å². The van der Waals surface area contributed by atoms with Gasteiger partial charge in [-0.3, -0.25) is 4.79 Å². The van der Waals surface area contributed by atoms with E-state index < -0.39 is 29.9 Å². The molecule has 2 atom stereocenters. The molecule has 32 heavy (non-hydrogen) atoms. The minimum Gasteiger partial charge on any atom is -0.490 e. The highest BCUT2D eigenvalue weighted by molar-refractivity contribution is 5.76. The number of amides is 1. The predicted octanol–water partition coefficient (Wildman–Crippen LogP) is 3.86. The van der Waals surface area contributed by atoms with Gasteiger partial charge in [0.25, 0.3) is 0 Å². The Morgan fingerprint density at radius 1 is 1.09 bits per heavy atom. The number of carbonyl (C=O) groups excluding carboxylic acids is 1. The third kappa shape index (κ3) is 8.22. The van der Waals surface area contributed by atoms with Gasteiger partial charge in [0, 0.05) is 20.1 Å². The molecule has 2 rings (SSSR count). The van der Waals surface area contributed by atoms with Crippen molar-refractivity contribution in [3.8, 4) is 5.75 Å². The molecule has 0 bridgehead atoms. The quantitative estimate of drug-likeness (QED) is 0.540. The van der Waals surface area contributed by atoms with E-state index in [9.17, 15) is 22.8 Å². The van der Waals surface area contributed by atoms with E-state index in [1.54, 1.807) is 37.3 Å². The molecule has 6 nitrogen and oxygen atoms in total. The van der Waals surface area contributed by atoms with Crippen LogP contribution in [0.4, 0.5) is 13.2 Å². The van der Waals surface area contributed by atoms with E-state index in [1.165, 1.54) is 13.2 Å². The average molecular weight is 453 g/mol. The Morgan fingerprint density at radius 3 is 2.38 bits per heavy atom. The number of alkyl halides is 3. The van der Waals surface area contributed by atoms with Gasteiger partial charge >= 0.3 is 12.1 Å². The summed E-state index contributed by atoms with van der Waals surface area (Å²) in [4.78, 5) is 23.1. The number of carboxylic acids is 1. The summed E-state index contributed by atoms with van der Waals surface area (Å²) in [5, 5.41) is 11.7. The Balaban J connectivity index is 1.76. The van der Waals surface area contributed by atoms with Crippen molar-refractivity contribution in [3.63, 3.8) is 0 Å². The average Bonchev–Trinajstić information content (AvgIpc) is 2.72. The van der Waals surface area contributed by atoms with E-state index >= 15 is 0 Å². The highest BCUT2D eigenvalue weighted by Gasteiger charge is 2.30. The Bertz CT molecular complexity index is 899. The summed E-state index contributed by atoms with van der Waals surface area (Å²) in [7, 11) is 1.34. The second kappa shape index (κ2) is 11.5. The number of benzene rings is 2. The van der Waals surface area contributed by atoms with Crippen molar-refractivity contribution in [2.75, 3.05) is 13.7 Å². The molecule has 1 amide bonds. The summed E-state index contributed by atoms with van der Waals surface area (Å²) in [5.74, 6) is -0.784. The SMILES string of the molecule is COC(Cc1ccc(OC(C)CC(=O)NCCc2cccc(C(F)(F)F)c2)cc1)C(=O)O. The monoisotopic (exact) mass is 453 g/mol. The number of rotatable bonds is 11. The van der Waals surface area contributed by atoms with Crippen molar-refractivity contribution in [2.24, 2.45) is 0 Å². The first kappa shape index (κ1) is 25.2. The number of halogens is 3. The van der Waals surface area contributed by atoms with E-state index in [2.05, 4.69) is 5.32 Å². The molecule has 174 valence electrons. The van der Waals surface area contributed by atoms with E-state index in [4.69, 9.17) is 14.6 Å². The molecule has 0 radical (unpaired) electrons. The smallest absolute Gasteiger partial charge is 0.416 e. The second-order valence-corrected chi connectivity index (χ2v) is 7.34. The van der Waals surface area contributed by atoms with Gasteiger partial charge in [-0.25, -0.2) is 4.79 Å². The fourth-order valence-electron chi connectivity index (χ4n) is 3.05. The highest BCUT2D eigenvalue weighted by Crippen LogP contribution is 2.29. The first-order valence-corrected chi connectivity index (χ1v) is 10.0. The number of carbonyl (C=O) groups is 2. The molecule has 0 aliphatic heterocycles. The largest absolute Gasteiger partial charge is 0.490 e. The third-order valence-corrected chi connectivity index (χ3v) is 4.70. The molecule has 2 N–H and O–H groups in total. The molecule has 0 saturated heterocycles. The molecular weight excluding hydrogens is 427 g/mol. The lowest BCUT2D eigenvalue weighted by Crippen LogP contribution is -2.30. The fourth-order valence-corrected chi connectivity index (χ4v) is 3.05. The van der Waals surface area contributed by atoms with Crippen molar-refractivity contribution >= 4 is 11.9 Å². The molecular formula is C23H26F3NO5. The molecule has 0 aliphatic rings. The number of aliphatic carboxylic acids is 1. The normalized spacial score (nSPS) is 13.3. The van der Waals surface area contributed by atoms with Crippen molar-refractivity contribution in [1.29, 1.82) is 0 Å². The number of hydrogen-bond donors (Lipinski definition) is 2. The molecule has 0 fully saturated rings. The lowest BCUT2D eigenvalue weighted by molar-refractivity contribution is -0.148. The van der Waals surface area contributed by atoms with Gasteiger partial charge in [0.2, 0.25) is 5.91 Å². The van der Waals surface area contributed by atoms with Crippen LogP contribution >= 0.6 is 0 Å². The van der Waals surface area contributed by atoms with Gasteiger partial charge < -0.3 is 19.9 Å².